The van der Waals surface area contributed by atoms with Gasteiger partial charge in [-0.15, -0.1) is 0 Å². The standard InChI is InChI=1S/C15H28N2O2/c1-12(16)5-4-7-14(18)17-10-9-15(19)8-3-2-6-13(15)11-17/h12-13,19H,2-11,16H2,1H3. The molecule has 1 amide bonds. The third-order valence-electron chi connectivity index (χ3n) is 4.83. The van der Waals surface area contributed by atoms with Crippen LogP contribution in [0.15, 0.2) is 0 Å². The van der Waals surface area contributed by atoms with Crippen LogP contribution < -0.4 is 5.73 Å². The summed E-state index contributed by atoms with van der Waals surface area (Å²) in [5.74, 6) is 0.542. The molecule has 1 saturated heterocycles. The summed E-state index contributed by atoms with van der Waals surface area (Å²) >= 11 is 0. The highest BCUT2D eigenvalue weighted by molar-refractivity contribution is 5.76. The first-order valence-corrected chi connectivity index (χ1v) is 7.77. The van der Waals surface area contributed by atoms with E-state index in [1.807, 2.05) is 11.8 Å². The van der Waals surface area contributed by atoms with Crippen LogP contribution in [0.1, 0.15) is 58.3 Å². The van der Waals surface area contributed by atoms with Crippen LogP contribution in [0, 0.1) is 5.92 Å². The van der Waals surface area contributed by atoms with E-state index in [0.29, 0.717) is 12.3 Å². The molecule has 2 fully saturated rings. The summed E-state index contributed by atoms with van der Waals surface area (Å²) in [6.45, 7) is 3.46. The molecule has 1 saturated carbocycles. The molecule has 0 aromatic rings. The molecule has 0 aromatic carbocycles. The van der Waals surface area contributed by atoms with E-state index in [1.165, 1.54) is 6.42 Å². The third-order valence-corrected chi connectivity index (χ3v) is 4.83. The zero-order valence-corrected chi connectivity index (χ0v) is 12.1. The zero-order valence-electron chi connectivity index (χ0n) is 12.1. The van der Waals surface area contributed by atoms with Gasteiger partial charge in [-0.2, -0.15) is 0 Å². The van der Waals surface area contributed by atoms with Gasteiger partial charge in [-0.05, 0) is 39.0 Å². The van der Waals surface area contributed by atoms with Crippen molar-refractivity contribution in [2.45, 2.75) is 69.9 Å². The highest BCUT2D eigenvalue weighted by Gasteiger charge is 2.43. The number of carbonyl (C=O) groups is 1. The molecular weight excluding hydrogens is 240 g/mol. The van der Waals surface area contributed by atoms with E-state index in [9.17, 15) is 9.90 Å². The first kappa shape index (κ1) is 14.8. The van der Waals surface area contributed by atoms with E-state index in [4.69, 9.17) is 5.73 Å². The zero-order chi connectivity index (χ0) is 13.9. The van der Waals surface area contributed by atoms with Crippen molar-refractivity contribution >= 4 is 5.91 Å². The molecule has 3 unspecified atom stereocenters. The van der Waals surface area contributed by atoms with Crippen molar-refractivity contribution in [3.05, 3.63) is 0 Å². The Labute approximate surface area is 116 Å². The van der Waals surface area contributed by atoms with Gasteiger partial charge in [0.15, 0.2) is 0 Å². The molecule has 19 heavy (non-hydrogen) atoms. The molecule has 110 valence electrons. The number of amides is 1. The minimum Gasteiger partial charge on any atom is -0.389 e. The second kappa shape index (κ2) is 6.23. The Hall–Kier alpha value is -0.610. The fourth-order valence-electron chi connectivity index (χ4n) is 3.53. The van der Waals surface area contributed by atoms with Gasteiger partial charge in [0, 0.05) is 31.5 Å². The highest BCUT2D eigenvalue weighted by Crippen LogP contribution is 2.39. The van der Waals surface area contributed by atoms with Crippen molar-refractivity contribution in [3.63, 3.8) is 0 Å². The van der Waals surface area contributed by atoms with Crippen molar-refractivity contribution in [2.75, 3.05) is 13.1 Å². The summed E-state index contributed by atoms with van der Waals surface area (Å²) < 4.78 is 0. The van der Waals surface area contributed by atoms with E-state index in [1.54, 1.807) is 0 Å². The number of rotatable bonds is 4. The number of piperidine rings is 1. The average molecular weight is 268 g/mol. The molecule has 1 heterocycles. The predicted molar refractivity (Wildman–Crippen MR) is 75.6 cm³/mol. The lowest BCUT2D eigenvalue weighted by molar-refractivity contribution is -0.143. The van der Waals surface area contributed by atoms with Gasteiger partial charge in [0.05, 0.1) is 5.60 Å². The van der Waals surface area contributed by atoms with Crippen molar-refractivity contribution in [1.82, 2.24) is 4.90 Å². The summed E-state index contributed by atoms with van der Waals surface area (Å²) in [7, 11) is 0. The fourth-order valence-corrected chi connectivity index (χ4v) is 3.53. The van der Waals surface area contributed by atoms with Crippen molar-refractivity contribution in [1.29, 1.82) is 0 Å². The van der Waals surface area contributed by atoms with Gasteiger partial charge >= 0.3 is 0 Å². The normalized spacial score (nSPS) is 32.8. The van der Waals surface area contributed by atoms with E-state index < -0.39 is 5.60 Å². The fraction of sp³-hybridized carbons (Fsp3) is 0.933. The number of nitrogens with zero attached hydrogens (tertiary/aromatic N) is 1. The van der Waals surface area contributed by atoms with Gasteiger partial charge in [-0.1, -0.05) is 12.8 Å². The first-order chi connectivity index (χ1) is 9.01. The Bertz CT molecular complexity index is 319. The van der Waals surface area contributed by atoms with Gasteiger partial charge < -0.3 is 15.7 Å². The lowest BCUT2D eigenvalue weighted by Crippen LogP contribution is -2.54. The number of hydrogen-bond acceptors (Lipinski definition) is 3. The summed E-state index contributed by atoms with van der Waals surface area (Å²) in [5, 5.41) is 10.6. The molecule has 1 aliphatic heterocycles. The number of carbonyl (C=O) groups excluding carboxylic acids is 1. The van der Waals surface area contributed by atoms with Crippen molar-refractivity contribution in [2.24, 2.45) is 11.7 Å². The summed E-state index contributed by atoms with van der Waals surface area (Å²) in [6, 6.07) is 0.178. The first-order valence-electron chi connectivity index (χ1n) is 7.77. The maximum absolute atomic E-state index is 12.2. The number of aliphatic hydroxyl groups is 1. The quantitative estimate of drug-likeness (QED) is 0.815. The van der Waals surface area contributed by atoms with E-state index in [0.717, 1.165) is 51.6 Å². The van der Waals surface area contributed by atoms with Crippen LogP contribution in [0.5, 0.6) is 0 Å². The van der Waals surface area contributed by atoms with Gasteiger partial charge in [-0.25, -0.2) is 0 Å². The van der Waals surface area contributed by atoms with E-state index in [2.05, 4.69) is 0 Å². The SMILES string of the molecule is CC(N)CCCC(=O)N1CCC2(O)CCCCC2C1. The van der Waals surface area contributed by atoms with Crippen LogP contribution >= 0.6 is 0 Å². The third kappa shape index (κ3) is 3.69. The van der Waals surface area contributed by atoms with Crippen molar-refractivity contribution in [3.8, 4) is 0 Å². The molecule has 0 aromatic heterocycles. The number of likely N-dealkylation sites (tertiary alicyclic amines) is 1. The summed E-state index contributed by atoms with van der Waals surface area (Å²) in [6.07, 6.45) is 7.47. The topological polar surface area (TPSA) is 66.6 Å². The number of hydrogen-bond donors (Lipinski definition) is 2. The van der Waals surface area contributed by atoms with Gasteiger partial charge in [0.2, 0.25) is 5.91 Å². The summed E-state index contributed by atoms with van der Waals surface area (Å²) in [5.41, 5.74) is 5.22. The lowest BCUT2D eigenvalue weighted by Gasteiger charge is -2.47. The van der Waals surface area contributed by atoms with Crippen LogP contribution in [0.2, 0.25) is 0 Å². The molecule has 2 rings (SSSR count). The molecule has 4 nitrogen and oxygen atoms in total. The Kier molecular flexibility index (Phi) is 4.85. The minimum absolute atomic E-state index is 0.178. The molecule has 2 aliphatic rings. The Morgan fingerprint density at radius 3 is 3.00 bits per heavy atom. The highest BCUT2D eigenvalue weighted by atomic mass is 16.3. The lowest BCUT2D eigenvalue weighted by atomic mass is 9.71. The molecule has 3 atom stereocenters. The number of fused-ring (bicyclic) bond motifs is 1. The maximum atomic E-state index is 12.2. The monoisotopic (exact) mass is 268 g/mol. The Morgan fingerprint density at radius 2 is 2.26 bits per heavy atom. The molecule has 0 bridgehead atoms. The second-order valence-electron chi connectivity index (χ2n) is 6.51. The maximum Gasteiger partial charge on any atom is 0.222 e. The molecule has 1 aliphatic carbocycles. The van der Waals surface area contributed by atoms with Gasteiger partial charge in [0.1, 0.15) is 0 Å². The Balaban J connectivity index is 1.81. The molecule has 4 heteroatoms. The van der Waals surface area contributed by atoms with Gasteiger partial charge in [-0.3, -0.25) is 4.79 Å². The van der Waals surface area contributed by atoms with Crippen LogP contribution in [-0.2, 0) is 4.79 Å². The van der Waals surface area contributed by atoms with E-state index in [-0.39, 0.29) is 11.9 Å². The van der Waals surface area contributed by atoms with Crippen LogP contribution in [0.4, 0.5) is 0 Å². The second-order valence-corrected chi connectivity index (χ2v) is 6.51. The summed E-state index contributed by atoms with van der Waals surface area (Å²) in [4.78, 5) is 14.1. The smallest absolute Gasteiger partial charge is 0.222 e. The Morgan fingerprint density at radius 1 is 1.47 bits per heavy atom. The molecule has 0 radical (unpaired) electrons. The average Bonchev–Trinajstić information content (AvgIpc) is 2.37. The van der Waals surface area contributed by atoms with Crippen LogP contribution in [0.3, 0.4) is 0 Å². The van der Waals surface area contributed by atoms with Crippen LogP contribution in [0.25, 0.3) is 0 Å². The predicted octanol–water partition coefficient (Wildman–Crippen LogP) is 1.66. The molecule has 3 N–H and O–H groups in total. The number of nitrogens with two attached hydrogens (primary N) is 1. The molecular formula is C15H28N2O2. The van der Waals surface area contributed by atoms with Gasteiger partial charge in [0.25, 0.3) is 0 Å². The minimum atomic E-state index is -0.485. The largest absolute Gasteiger partial charge is 0.389 e. The van der Waals surface area contributed by atoms with E-state index >= 15 is 0 Å². The van der Waals surface area contributed by atoms with Crippen molar-refractivity contribution < 1.29 is 9.90 Å². The van der Waals surface area contributed by atoms with Crippen LogP contribution in [-0.4, -0.2) is 40.6 Å². The molecule has 0 spiro atoms.